The zero-order valence-corrected chi connectivity index (χ0v) is 20.2. The van der Waals surface area contributed by atoms with Crippen molar-refractivity contribution < 1.29 is 0 Å². The van der Waals surface area contributed by atoms with Gasteiger partial charge in [0.15, 0.2) is 0 Å². The summed E-state index contributed by atoms with van der Waals surface area (Å²) in [6.07, 6.45) is 0.743. The Bertz CT molecular complexity index is 1510. The number of nitrogens with zero attached hydrogens (tertiary/aromatic N) is 4. The van der Waals surface area contributed by atoms with Gasteiger partial charge in [-0.2, -0.15) is 5.10 Å². The highest BCUT2D eigenvalue weighted by Crippen LogP contribution is 2.39. The lowest BCUT2D eigenvalue weighted by molar-refractivity contribution is 0.700. The normalized spacial score (nSPS) is 15.6. The van der Waals surface area contributed by atoms with Crippen molar-refractivity contribution in [3.63, 3.8) is 0 Å². The molecule has 2 aromatic heterocycles. The molecule has 3 aromatic carbocycles. The predicted octanol–water partition coefficient (Wildman–Crippen LogP) is 8.02. The van der Waals surface area contributed by atoms with Crippen LogP contribution in [0, 0.1) is 0 Å². The van der Waals surface area contributed by atoms with Crippen LogP contribution in [0.3, 0.4) is 0 Å². The van der Waals surface area contributed by atoms with Gasteiger partial charge in [-0.1, -0.05) is 71.7 Å². The van der Waals surface area contributed by atoms with Gasteiger partial charge in [0.25, 0.3) is 0 Å². The fourth-order valence-corrected chi connectivity index (χ4v) is 5.36. The largest absolute Gasteiger partial charge is 0.247 e. The lowest BCUT2D eigenvalue weighted by Crippen LogP contribution is -2.20. The second kappa shape index (κ2) is 8.84. The molecule has 1 aliphatic heterocycles. The van der Waals surface area contributed by atoms with Crippen molar-refractivity contribution in [2.45, 2.75) is 12.5 Å². The van der Waals surface area contributed by atoms with Gasteiger partial charge >= 0.3 is 0 Å². The maximum absolute atomic E-state index is 6.28. The minimum absolute atomic E-state index is 0.00760. The molecule has 3 heterocycles. The molecular formula is C27H18Cl2N4S. The monoisotopic (exact) mass is 500 g/mol. The van der Waals surface area contributed by atoms with Crippen LogP contribution in [-0.2, 0) is 0 Å². The molecule has 0 N–H and O–H groups in total. The number of hydrazone groups is 1. The van der Waals surface area contributed by atoms with Crippen molar-refractivity contribution in [1.29, 1.82) is 0 Å². The molecule has 0 aliphatic carbocycles. The predicted molar refractivity (Wildman–Crippen MR) is 142 cm³/mol. The molecule has 0 spiro atoms. The van der Waals surface area contributed by atoms with Gasteiger partial charge < -0.3 is 0 Å². The third-order valence-corrected chi connectivity index (χ3v) is 7.31. The van der Waals surface area contributed by atoms with Crippen LogP contribution in [0.25, 0.3) is 22.2 Å². The summed E-state index contributed by atoms with van der Waals surface area (Å²) in [7, 11) is 0. The second-order valence-electron chi connectivity index (χ2n) is 8.03. The number of thiophene rings is 1. The lowest BCUT2D eigenvalue weighted by atomic mass is 10.0. The van der Waals surface area contributed by atoms with Gasteiger partial charge in [0.05, 0.1) is 23.0 Å². The van der Waals surface area contributed by atoms with Crippen molar-refractivity contribution in [3.05, 3.63) is 111 Å². The lowest BCUT2D eigenvalue weighted by Gasteiger charge is -2.21. The Balaban J connectivity index is 1.52. The highest BCUT2D eigenvalue weighted by Gasteiger charge is 2.33. The van der Waals surface area contributed by atoms with Crippen LogP contribution in [0.4, 0.5) is 5.95 Å². The number of para-hydroxylation sites is 1. The summed E-state index contributed by atoms with van der Waals surface area (Å²) < 4.78 is 0. The molecule has 0 amide bonds. The Hall–Kier alpha value is -3.25. The topological polar surface area (TPSA) is 41.4 Å². The van der Waals surface area contributed by atoms with Gasteiger partial charge in [-0.3, -0.25) is 0 Å². The van der Waals surface area contributed by atoms with E-state index in [4.69, 9.17) is 38.3 Å². The summed E-state index contributed by atoms with van der Waals surface area (Å²) in [6, 6.07) is 27.8. The minimum Gasteiger partial charge on any atom is -0.223 e. The molecule has 0 bridgehead atoms. The molecular weight excluding hydrogens is 483 g/mol. The van der Waals surface area contributed by atoms with E-state index in [0.29, 0.717) is 16.0 Å². The maximum atomic E-state index is 6.28. The third-order valence-electron chi connectivity index (χ3n) is 5.85. The second-order valence-corrected chi connectivity index (χ2v) is 9.89. The van der Waals surface area contributed by atoms with Crippen LogP contribution in [0.1, 0.15) is 22.9 Å². The fraction of sp³-hybridized carbons (Fsp3) is 0.0741. The molecule has 1 atom stereocenters. The van der Waals surface area contributed by atoms with Gasteiger partial charge in [-0.05, 0) is 47.3 Å². The summed E-state index contributed by atoms with van der Waals surface area (Å²) in [6.45, 7) is 0. The van der Waals surface area contributed by atoms with Gasteiger partial charge in [0.2, 0.25) is 5.95 Å². The summed E-state index contributed by atoms with van der Waals surface area (Å²) in [4.78, 5) is 11.2. The number of hydrogen-bond donors (Lipinski definition) is 0. The number of benzene rings is 3. The molecule has 6 rings (SSSR count). The SMILES string of the molecule is Clc1ccc(-c2nc(N3N=C(c4cccc(Cl)c4)CC3c3cccs3)nc3ccccc23)cc1. The van der Waals surface area contributed by atoms with E-state index in [0.717, 1.165) is 39.9 Å². The molecule has 7 heteroatoms. The molecule has 0 saturated heterocycles. The Morgan fingerprint density at radius 1 is 0.794 bits per heavy atom. The zero-order valence-electron chi connectivity index (χ0n) is 17.9. The van der Waals surface area contributed by atoms with Crippen LogP contribution >= 0.6 is 34.5 Å². The van der Waals surface area contributed by atoms with Crippen molar-refractivity contribution in [1.82, 2.24) is 9.97 Å². The maximum Gasteiger partial charge on any atom is 0.247 e. The van der Waals surface area contributed by atoms with E-state index in [1.54, 1.807) is 11.3 Å². The van der Waals surface area contributed by atoms with Crippen LogP contribution in [0.2, 0.25) is 10.0 Å². The van der Waals surface area contributed by atoms with Crippen molar-refractivity contribution in [3.8, 4) is 11.3 Å². The number of halogens is 2. The van der Waals surface area contributed by atoms with Crippen LogP contribution in [0.15, 0.2) is 95.4 Å². The smallest absolute Gasteiger partial charge is 0.223 e. The quantitative estimate of drug-likeness (QED) is 0.250. The number of hydrogen-bond acceptors (Lipinski definition) is 5. The Morgan fingerprint density at radius 2 is 1.65 bits per heavy atom. The Morgan fingerprint density at radius 3 is 2.44 bits per heavy atom. The van der Waals surface area contributed by atoms with Gasteiger partial charge in [0, 0.05) is 32.3 Å². The molecule has 0 radical (unpaired) electrons. The molecule has 166 valence electrons. The highest BCUT2D eigenvalue weighted by atomic mass is 35.5. The van der Waals surface area contributed by atoms with Gasteiger partial charge in [0.1, 0.15) is 0 Å². The molecule has 0 fully saturated rings. The van der Waals surface area contributed by atoms with Crippen molar-refractivity contribution in [2.24, 2.45) is 5.10 Å². The number of fused-ring (bicyclic) bond motifs is 1. The zero-order chi connectivity index (χ0) is 23.1. The van der Waals surface area contributed by atoms with E-state index in [1.165, 1.54) is 4.88 Å². The summed E-state index contributed by atoms with van der Waals surface area (Å²) in [5.74, 6) is 0.569. The van der Waals surface area contributed by atoms with E-state index in [9.17, 15) is 0 Å². The van der Waals surface area contributed by atoms with Gasteiger partial charge in [-0.25, -0.2) is 15.0 Å². The van der Waals surface area contributed by atoms with Crippen LogP contribution < -0.4 is 5.01 Å². The standard InChI is InChI=1S/C27H18Cl2N4S/c28-19-12-10-17(11-13-19)26-21-7-1-2-8-22(21)30-27(31-26)33-24(25-9-4-14-34-25)16-23(32-33)18-5-3-6-20(29)15-18/h1-15,24H,16H2. The van der Waals surface area contributed by atoms with Crippen LogP contribution in [-0.4, -0.2) is 15.7 Å². The number of rotatable bonds is 4. The molecule has 4 nitrogen and oxygen atoms in total. The van der Waals surface area contributed by atoms with Crippen molar-refractivity contribution in [2.75, 3.05) is 5.01 Å². The first-order valence-electron chi connectivity index (χ1n) is 10.8. The van der Waals surface area contributed by atoms with E-state index < -0.39 is 0 Å². The molecule has 0 saturated carbocycles. The minimum atomic E-state index is 0.00760. The third kappa shape index (κ3) is 3.96. The Kier molecular flexibility index (Phi) is 5.53. The average molecular weight is 501 g/mol. The van der Waals surface area contributed by atoms with E-state index >= 15 is 0 Å². The summed E-state index contributed by atoms with van der Waals surface area (Å²) in [5.41, 5.74) is 4.68. The highest BCUT2D eigenvalue weighted by molar-refractivity contribution is 7.10. The summed E-state index contributed by atoms with van der Waals surface area (Å²) in [5, 5.41) is 11.4. The molecule has 1 unspecified atom stereocenters. The van der Waals surface area contributed by atoms with Crippen LogP contribution in [0.5, 0.6) is 0 Å². The van der Waals surface area contributed by atoms with Gasteiger partial charge in [-0.15, -0.1) is 11.3 Å². The Labute approximate surface area is 211 Å². The summed E-state index contributed by atoms with van der Waals surface area (Å²) >= 11 is 14.1. The van der Waals surface area contributed by atoms with E-state index in [2.05, 4.69) is 17.5 Å². The van der Waals surface area contributed by atoms with E-state index in [1.807, 2.05) is 77.8 Å². The molecule has 34 heavy (non-hydrogen) atoms. The number of aromatic nitrogens is 2. The fourth-order valence-electron chi connectivity index (χ4n) is 4.23. The first kappa shape index (κ1) is 21.3. The number of anilines is 1. The van der Waals surface area contributed by atoms with Crippen molar-refractivity contribution >= 4 is 57.1 Å². The first-order valence-corrected chi connectivity index (χ1v) is 12.5. The average Bonchev–Trinajstić information content (AvgIpc) is 3.54. The first-order chi connectivity index (χ1) is 16.7. The molecule has 1 aliphatic rings. The molecule has 5 aromatic rings. The van der Waals surface area contributed by atoms with E-state index in [-0.39, 0.29) is 6.04 Å².